The number of nitrogens with zero attached hydrogens (tertiary/aromatic N) is 4. The summed E-state index contributed by atoms with van der Waals surface area (Å²) in [5.41, 5.74) is 4.30. The van der Waals surface area contributed by atoms with Gasteiger partial charge in [0.05, 0.1) is 11.1 Å². The van der Waals surface area contributed by atoms with Crippen molar-refractivity contribution in [2.45, 2.75) is 19.0 Å². The van der Waals surface area contributed by atoms with Crippen molar-refractivity contribution in [3.63, 3.8) is 0 Å². The minimum atomic E-state index is -1.04. The summed E-state index contributed by atoms with van der Waals surface area (Å²) in [4.78, 5) is 40.4. The first-order valence-corrected chi connectivity index (χ1v) is 15.3. The molecule has 218 valence electrons. The first-order valence-electron chi connectivity index (χ1n) is 14.4. The number of carbonyl (C=O) groups excluding carboxylic acids is 1. The molecule has 0 aliphatic carbocycles. The Balaban J connectivity index is 1.05. The number of thiophene rings is 1. The third kappa shape index (κ3) is 5.59. The highest BCUT2D eigenvalue weighted by atomic mass is 32.1. The lowest BCUT2D eigenvalue weighted by Crippen LogP contribution is -2.54. The molecular formula is C33H31N5O4S. The summed E-state index contributed by atoms with van der Waals surface area (Å²) in [6, 6.07) is 21.4. The van der Waals surface area contributed by atoms with E-state index in [1.165, 1.54) is 22.5 Å². The second-order valence-corrected chi connectivity index (χ2v) is 11.9. The van der Waals surface area contributed by atoms with Gasteiger partial charge in [-0.2, -0.15) is 0 Å². The lowest BCUT2D eigenvalue weighted by atomic mass is 9.93. The van der Waals surface area contributed by atoms with E-state index in [-0.39, 0.29) is 23.3 Å². The van der Waals surface area contributed by atoms with Crippen LogP contribution in [0.2, 0.25) is 0 Å². The number of hydrogen-bond donors (Lipinski definition) is 2. The molecule has 1 fully saturated rings. The van der Waals surface area contributed by atoms with Gasteiger partial charge in [-0.15, -0.1) is 11.3 Å². The number of rotatable bonds is 7. The van der Waals surface area contributed by atoms with Gasteiger partial charge in [0.15, 0.2) is 0 Å². The molecule has 1 amide bonds. The molecule has 1 atom stereocenters. The number of aromatic amines is 1. The molecule has 2 aliphatic rings. The molecule has 2 aliphatic heterocycles. The number of aromatic nitrogens is 2. The number of carboxylic acid groups (broad SMARTS) is 1. The number of hydrogen-bond acceptors (Lipinski definition) is 7. The largest absolute Gasteiger partial charge is 0.478 e. The lowest BCUT2D eigenvalue weighted by molar-refractivity contribution is 0.0580. The minimum Gasteiger partial charge on any atom is -0.478 e. The number of benzene rings is 2. The molecule has 7 rings (SSSR count). The van der Waals surface area contributed by atoms with Gasteiger partial charge in [0.25, 0.3) is 5.91 Å². The molecule has 43 heavy (non-hydrogen) atoms. The van der Waals surface area contributed by atoms with Gasteiger partial charge in [-0.05, 0) is 53.3 Å². The number of anilines is 1. The normalized spacial score (nSPS) is 17.2. The van der Waals surface area contributed by atoms with E-state index in [0.29, 0.717) is 12.3 Å². The summed E-state index contributed by atoms with van der Waals surface area (Å²) in [5.74, 6) is -0.178. The van der Waals surface area contributed by atoms with Crippen LogP contribution in [0.5, 0.6) is 11.5 Å². The Bertz CT molecular complexity index is 1780. The van der Waals surface area contributed by atoms with Crippen LogP contribution in [0.4, 0.5) is 5.69 Å². The minimum absolute atomic E-state index is 0.0943. The maximum atomic E-state index is 13.5. The van der Waals surface area contributed by atoms with Crippen LogP contribution in [0.1, 0.15) is 31.2 Å². The van der Waals surface area contributed by atoms with Crippen LogP contribution in [0, 0.1) is 0 Å². The standard InChI is InChI=1S/C33H31N5O4S/c39-32(30-6-3-15-43-30)38-20-24-5-2-1-4-22(24)16-26(38)21-36-11-13-37(14-12-36)25-7-8-28(33(40)41)29(18-25)42-27-17-23-9-10-34-31(23)35-19-27/h1-10,15,17-19,26H,11-14,16,20-21H2,(H,34,35)(H,40,41)/t26-/m1/s1. The summed E-state index contributed by atoms with van der Waals surface area (Å²) in [5, 5.41) is 12.7. The van der Waals surface area contributed by atoms with Crippen LogP contribution in [-0.2, 0) is 13.0 Å². The molecule has 0 saturated carbocycles. The molecule has 2 aromatic carbocycles. The van der Waals surface area contributed by atoms with Crippen molar-refractivity contribution in [2.24, 2.45) is 0 Å². The molecule has 3 aromatic heterocycles. The predicted octanol–water partition coefficient (Wildman–Crippen LogP) is 5.50. The fourth-order valence-corrected chi connectivity index (χ4v) is 6.77. The van der Waals surface area contributed by atoms with Crippen molar-refractivity contribution in [1.29, 1.82) is 0 Å². The monoisotopic (exact) mass is 593 g/mol. The Labute approximate surface area is 253 Å². The molecule has 10 heteroatoms. The summed E-state index contributed by atoms with van der Waals surface area (Å²) in [6.07, 6.45) is 4.23. The number of pyridine rings is 1. The van der Waals surface area contributed by atoms with E-state index in [2.05, 4.69) is 42.9 Å². The van der Waals surface area contributed by atoms with Gasteiger partial charge < -0.3 is 24.6 Å². The molecule has 0 unspecified atom stereocenters. The zero-order valence-corrected chi connectivity index (χ0v) is 24.3. The number of aromatic carboxylic acids is 1. The number of carbonyl (C=O) groups is 2. The van der Waals surface area contributed by atoms with Crippen molar-refractivity contribution in [2.75, 3.05) is 37.6 Å². The number of fused-ring (bicyclic) bond motifs is 2. The van der Waals surface area contributed by atoms with Gasteiger partial charge >= 0.3 is 5.97 Å². The van der Waals surface area contributed by atoms with Crippen molar-refractivity contribution < 1.29 is 19.4 Å². The zero-order valence-electron chi connectivity index (χ0n) is 23.5. The van der Waals surface area contributed by atoms with Crippen molar-refractivity contribution in [1.82, 2.24) is 19.8 Å². The maximum absolute atomic E-state index is 13.5. The molecule has 9 nitrogen and oxygen atoms in total. The fourth-order valence-electron chi connectivity index (χ4n) is 6.09. The van der Waals surface area contributed by atoms with Gasteiger partial charge in [-0.25, -0.2) is 9.78 Å². The topological polar surface area (TPSA) is 102 Å². The second kappa shape index (κ2) is 11.5. The molecule has 0 bridgehead atoms. The maximum Gasteiger partial charge on any atom is 0.339 e. The van der Waals surface area contributed by atoms with Gasteiger partial charge in [0.1, 0.15) is 22.7 Å². The zero-order chi connectivity index (χ0) is 29.3. The molecule has 5 aromatic rings. The summed E-state index contributed by atoms with van der Waals surface area (Å²) in [6.45, 7) is 4.67. The van der Waals surface area contributed by atoms with E-state index < -0.39 is 5.97 Å². The summed E-state index contributed by atoms with van der Waals surface area (Å²) >= 11 is 1.49. The third-order valence-electron chi connectivity index (χ3n) is 8.35. The van der Waals surface area contributed by atoms with E-state index in [4.69, 9.17) is 4.74 Å². The van der Waals surface area contributed by atoms with E-state index >= 15 is 0 Å². The smallest absolute Gasteiger partial charge is 0.339 e. The van der Waals surface area contributed by atoms with Gasteiger partial charge in [0, 0.05) is 68.6 Å². The van der Waals surface area contributed by atoms with E-state index in [1.807, 2.05) is 41.8 Å². The van der Waals surface area contributed by atoms with Crippen LogP contribution in [0.15, 0.2) is 84.5 Å². The first kappa shape index (κ1) is 27.2. The third-order valence-corrected chi connectivity index (χ3v) is 9.21. The second-order valence-electron chi connectivity index (χ2n) is 11.0. The Morgan fingerprint density at radius 3 is 2.63 bits per heavy atom. The highest BCUT2D eigenvalue weighted by Gasteiger charge is 2.33. The molecule has 5 heterocycles. The van der Waals surface area contributed by atoms with Crippen LogP contribution < -0.4 is 9.64 Å². The number of nitrogens with one attached hydrogen (secondary N) is 1. The van der Waals surface area contributed by atoms with Crippen molar-refractivity contribution >= 4 is 39.9 Å². The van der Waals surface area contributed by atoms with Gasteiger partial charge in [0.2, 0.25) is 0 Å². The number of piperazine rings is 1. The Morgan fingerprint density at radius 2 is 1.84 bits per heavy atom. The SMILES string of the molecule is O=C(O)c1ccc(N2CCN(C[C@H]3Cc4ccccc4CN3C(=O)c3cccs3)CC2)cc1Oc1cnc2[nH]ccc2c1. The van der Waals surface area contributed by atoms with Crippen LogP contribution >= 0.6 is 11.3 Å². The molecule has 2 N–H and O–H groups in total. The highest BCUT2D eigenvalue weighted by Crippen LogP contribution is 2.32. The number of H-pyrrole nitrogens is 1. The fraction of sp³-hybridized carbons (Fsp3) is 0.242. The summed E-state index contributed by atoms with van der Waals surface area (Å²) < 4.78 is 6.06. The van der Waals surface area contributed by atoms with Gasteiger partial charge in [-0.3, -0.25) is 9.69 Å². The predicted molar refractivity (Wildman–Crippen MR) is 166 cm³/mol. The number of ether oxygens (including phenoxy) is 1. The average molecular weight is 594 g/mol. The Hall–Kier alpha value is -4.67. The molecule has 0 radical (unpaired) electrons. The summed E-state index contributed by atoms with van der Waals surface area (Å²) in [7, 11) is 0. The first-order chi connectivity index (χ1) is 21.0. The van der Waals surface area contributed by atoms with Gasteiger partial charge in [-0.1, -0.05) is 30.3 Å². The number of amides is 1. The Morgan fingerprint density at radius 1 is 1.00 bits per heavy atom. The van der Waals surface area contributed by atoms with E-state index in [0.717, 1.165) is 60.7 Å². The van der Waals surface area contributed by atoms with E-state index in [1.54, 1.807) is 24.5 Å². The van der Waals surface area contributed by atoms with Crippen LogP contribution in [0.3, 0.4) is 0 Å². The average Bonchev–Trinajstić information content (AvgIpc) is 3.73. The quantitative estimate of drug-likeness (QED) is 0.257. The van der Waals surface area contributed by atoms with E-state index in [9.17, 15) is 14.7 Å². The lowest BCUT2D eigenvalue weighted by Gasteiger charge is -2.42. The van der Waals surface area contributed by atoms with Crippen LogP contribution in [0.25, 0.3) is 11.0 Å². The molecule has 1 saturated heterocycles. The van der Waals surface area contributed by atoms with Crippen LogP contribution in [-0.4, -0.2) is 75.5 Å². The highest BCUT2D eigenvalue weighted by molar-refractivity contribution is 7.12. The van der Waals surface area contributed by atoms with Crippen molar-refractivity contribution in [3.05, 3.63) is 106 Å². The molecular weight excluding hydrogens is 562 g/mol. The Kier molecular flexibility index (Phi) is 7.30. The number of carboxylic acids is 1. The molecule has 0 spiro atoms. The van der Waals surface area contributed by atoms with Crippen molar-refractivity contribution in [3.8, 4) is 11.5 Å².